The second kappa shape index (κ2) is 3.52. The summed E-state index contributed by atoms with van der Waals surface area (Å²) in [4.78, 5) is 17.9. The number of aromatic nitrogens is 4. The summed E-state index contributed by atoms with van der Waals surface area (Å²) in [6.07, 6.45) is 3.51. The molecule has 0 unspecified atom stereocenters. The number of hydrogen-bond donors (Lipinski definition) is 1. The molecule has 2 rings (SSSR count). The van der Waals surface area contributed by atoms with Crippen molar-refractivity contribution in [3.05, 3.63) is 38.2 Å². The molecule has 0 aliphatic rings. The predicted octanol–water partition coefficient (Wildman–Crippen LogP) is 0.869. The number of halogens is 1. The van der Waals surface area contributed by atoms with Crippen LogP contribution in [0.5, 0.6) is 0 Å². The number of nitrogens with one attached hydrogen (secondary N) is 1. The van der Waals surface area contributed by atoms with Crippen LogP contribution in [0.2, 0.25) is 0 Å². The summed E-state index contributed by atoms with van der Waals surface area (Å²) in [5.74, 6) is 1.12. The molecule has 0 saturated carbocycles. The Morgan fingerprint density at radius 3 is 2.93 bits per heavy atom. The van der Waals surface area contributed by atoms with Crippen LogP contribution in [0.3, 0.4) is 0 Å². The molecule has 0 aromatic carbocycles. The van der Waals surface area contributed by atoms with Crippen LogP contribution in [0.4, 0.5) is 0 Å². The third-order valence-corrected chi connectivity index (χ3v) is 2.19. The molecule has 0 radical (unpaired) electrons. The molecule has 6 heteroatoms. The van der Waals surface area contributed by atoms with Crippen molar-refractivity contribution < 1.29 is 0 Å². The highest BCUT2D eigenvalue weighted by molar-refractivity contribution is 14.1. The van der Waals surface area contributed by atoms with Gasteiger partial charge >= 0.3 is 0 Å². The van der Waals surface area contributed by atoms with E-state index < -0.39 is 0 Å². The van der Waals surface area contributed by atoms with Crippen LogP contribution in [0.25, 0.3) is 5.82 Å². The normalized spacial score (nSPS) is 10.4. The summed E-state index contributed by atoms with van der Waals surface area (Å²) < 4.78 is 2.58. The Morgan fingerprint density at radius 1 is 1.57 bits per heavy atom. The van der Waals surface area contributed by atoms with E-state index in [2.05, 4.69) is 37.7 Å². The highest BCUT2D eigenvalue weighted by Gasteiger charge is 2.01. The van der Waals surface area contributed by atoms with E-state index in [1.807, 2.05) is 6.20 Å². The molecule has 5 nitrogen and oxygen atoms in total. The van der Waals surface area contributed by atoms with Gasteiger partial charge in [0.05, 0.1) is 9.77 Å². The molecule has 0 atom stereocenters. The van der Waals surface area contributed by atoms with E-state index in [0.717, 1.165) is 3.57 Å². The topological polar surface area (TPSA) is 63.6 Å². The molecule has 0 bridgehead atoms. The lowest BCUT2D eigenvalue weighted by atomic mass is 10.5. The van der Waals surface area contributed by atoms with E-state index in [4.69, 9.17) is 0 Å². The lowest BCUT2D eigenvalue weighted by molar-refractivity contribution is 0.822. The highest BCUT2D eigenvalue weighted by atomic mass is 127. The maximum atomic E-state index is 11.2. The Hall–Kier alpha value is -1.18. The molecular formula is C8H7IN4O. The molecule has 0 saturated heterocycles. The Morgan fingerprint density at radius 2 is 2.36 bits per heavy atom. The summed E-state index contributed by atoms with van der Waals surface area (Å²) in [5, 5.41) is 4.06. The summed E-state index contributed by atoms with van der Waals surface area (Å²) in [5.41, 5.74) is -0.169. The second-order valence-corrected chi connectivity index (χ2v) is 4.04. The van der Waals surface area contributed by atoms with Gasteiger partial charge in [-0.25, -0.2) is 9.67 Å². The molecule has 0 aliphatic heterocycles. The van der Waals surface area contributed by atoms with Crippen molar-refractivity contribution in [2.75, 3.05) is 0 Å². The molecule has 72 valence electrons. The first-order chi connectivity index (χ1) is 6.65. The fourth-order valence-corrected chi connectivity index (χ4v) is 1.50. The third kappa shape index (κ3) is 1.84. The molecule has 14 heavy (non-hydrogen) atoms. The fourth-order valence-electron chi connectivity index (χ4n) is 1.11. The summed E-state index contributed by atoms with van der Waals surface area (Å²) in [6.45, 7) is 1.74. The number of aryl methyl sites for hydroxylation is 1. The Balaban J connectivity index is 2.56. The van der Waals surface area contributed by atoms with Gasteiger partial charge in [-0.1, -0.05) is 0 Å². The van der Waals surface area contributed by atoms with Crippen molar-refractivity contribution in [1.29, 1.82) is 0 Å². The minimum Gasteiger partial charge on any atom is -0.311 e. The smallest absolute Gasteiger partial charge is 0.253 e. The molecule has 2 heterocycles. The second-order valence-electron chi connectivity index (χ2n) is 2.79. The number of aromatic amines is 1. The van der Waals surface area contributed by atoms with Crippen LogP contribution in [0, 0.1) is 10.5 Å². The molecule has 0 spiro atoms. The first-order valence-electron chi connectivity index (χ1n) is 3.94. The van der Waals surface area contributed by atoms with E-state index in [9.17, 15) is 4.79 Å². The average Bonchev–Trinajstić information content (AvgIpc) is 2.50. The largest absolute Gasteiger partial charge is 0.311 e. The van der Waals surface area contributed by atoms with Gasteiger partial charge < -0.3 is 4.98 Å². The standard InChI is InChI=1S/C8H7IN4O/c1-5-11-7(2-8(14)12-5)13-4-6(9)3-10-13/h2-4H,1H3,(H,11,12,14). The zero-order valence-corrected chi connectivity index (χ0v) is 9.52. The van der Waals surface area contributed by atoms with Gasteiger partial charge in [-0.3, -0.25) is 4.79 Å². The molecule has 0 aliphatic carbocycles. The van der Waals surface area contributed by atoms with Gasteiger partial charge in [0.15, 0.2) is 5.82 Å². The van der Waals surface area contributed by atoms with Gasteiger partial charge in [0.2, 0.25) is 0 Å². The van der Waals surface area contributed by atoms with E-state index in [1.54, 1.807) is 17.8 Å². The molecule has 2 aromatic heterocycles. The third-order valence-electron chi connectivity index (χ3n) is 1.63. The summed E-state index contributed by atoms with van der Waals surface area (Å²) in [7, 11) is 0. The van der Waals surface area contributed by atoms with Crippen LogP contribution in [0.1, 0.15) is 5.82 Å². The minimum absolute atomic E-state index is 0.169. The summed E-state index contributed by atoms with van der Waals surface area (Å²) in [6, 6.07) is 1.41. The van der Waals surface area contributed by atoms with Gasteiger partial charge in [-0.15, -0.1) is 0 Å². The van der Waals surface area contributed by atoms with Gasteiger partial charge in [-0.2, -0.15) is 5.10 Å². The van der Waals surface area contributed by atoms with E-state index in [0.29, 0.717) is 11.6 Å². The maximum absolute atomic E-state index is 11.2. The van der Waals surface area contributed by atoms with Crippen LogP contribution < -0.4 is 5.56 Å². The lowest BCUT2D eigenvalue weighted by Crippen LogP contribution is -2.12. The first kappa shape index (κ1) is 9.38. The predicted molar refractivity (Wildman–Crippen MR) is 59.4 cm³/mol. The Kier molecular flexibility index (Phi) is 2.36. The first-order valence-corrected chi connectivity index (χ1v) is 5.01. The number of rotatable bonds is 1. The zero-order chi connectivity index (χ0) is 10.1. The number of H-pyrrole nitrogens is 1. The Bertz CT molecular complexity index is 516. The number of nitrogens with zero attached hydrogens (tertiary/aromatic N) is 3. The quantitative estimate of drug-likeness (QED) is 0.795. The van der Waals surface area contributed by atoms with E-state index in [-0.39, 0.29) is 5.56 Å². The SMILES string of the molecule is Cc1nc(-n2cc(I)cn2)cc(=O)[nH]1. The van der Waals surface area contributed by atoms with E-state index in [1.165, 1.54) is 6.07 Å². The van der Waals surface area contributed by atoms with Crippen molar-refractivity contribution in [2.24, 2.45) is 0 Å². The van der Waals surface area contributed by atoms with E-state index >= 15 is 0 Å². The highest BCUT2D eigenvalue weighted by Crippen LogP contribution is 2.05. The monoisotopic (exact) mass is 302 g/mol. The lowest BCUT2D eigenvalue weighted by Gasteiger charge is -1.99. The van der Waals surface area contributed by atoms with Gasteiger partial charge in [0, 0.05) is 12.3 Å². The maximum Gasteiger partial charge on any atom is 0.253 e. The van der Waals surface area contributed by atoms with Crippen LogP contribution in [0.15, 0.2) is 23.3 Å². The molecule has 0 amide bonds. The molecule has 0 fully saturated rings. The van der Waals surface area contributed by atoms with Crippen molar-refractivity contribution in [1.82, 2.24) is 19.7 Å². The van der Waals surface area contributed by atoms with Crippen LogP contribution >= 0.6 is 22.6 Å². The van der Waals surface area contributed by atoms with Gasteiger partial charge in [0.25, 0.3) is 5.56 Å². The summed E-state index contributed by atoms with van der Waals surface area (Å²) >= 11 is 2.15. The average molecular weight is 302 g/mol. The number of hydrogen-bond acceptors (Lipinski definition) is 3. The molecule has 2 aromatic rings. The van der Waals surface area contributed by atoms with Gasteiger partial charge in [0.1, 0.15) is 5.82 Å². The molecular weight excluding hydrogens is 295 g/mol. The van der Waals surface area contributed by atoms with Crippen molar-refractivity contribution in [3.8, 4) is 5.82 Å². The molecule has 1 N–H and O–H groups in total. The fraction of sp³-hybridized carbons (Fsp3) is 0.125. The van der Waals surface area contributed by atoms with Crippen molar-refractivity contribution >= 4 is 22.6 Å². The van der Waals surface area contributed by atoms with Gasteiger partial charge in [-0.05, 0) is 29.5 Å². The zero-order valence-electron chi connectivity index (χ0n) is 7.36. The van der Waals surface area contributed by atoms with Crippen LogP contribution in [-0.2, 0) is 0 Å². The van der Waals surface area contributed by atoms with Crippen molar-refractivity contribution in [3.63, 3.8) is 0 Å². The minimum atomic E-state index is -0.169. The Labute approximate surface area is 93.3 Å². The van der Waals surface area contributed by atoms with Crippen LogP contribution in [-0.4, -0.2) is 19.7 Å². The van der Waals surface area contributed by atoms with Crippen molar-refractivity contribution in [2.45, 2.75) is 6.92 Å².